The SMILES string of the molecule is CNC(=O)c1cnc(NC(=O)C2CC2)cc1Nc1cc(F)c(F)c(-c2ncc(S(=O)(=O)C(C)C)cn2)c1OC. The lowest BCUT2D eigenvalue weighted by molar-refractivity contribution is -0.117. The number of pyridine rings is 1. The van der Waals surface area contributed by atoms with Gasteiger partial charge < -0.3 is 20.7 Å². The topological polar surface area (TPSA) is 152 Å². The summed E-state index contributed by atoms with van der Waals surface area (Å²) in [4.78, 5) is 36.6. The van der Waals surface area contributed by atoms with Crippen LogP contribution in [0, 0.1) is 17.6 Å². The quantitative estimate of drug-likeness (QED) is 0.357. The number of hydrogen-bond acceptors (Lipinski definition) is 9. The van der Waals surface area contributed by atoms with Gasteiger partial charge in [0.1, 0.15) is 16.3 Å². The number of benzene rings is 1. The molecule has 0 saturated heterocycles. The molecule has 3 N–H and O–H groups in total. The number of anilines is 3. The molecule has 0 aliphatic heterocycles. The van der Waals surface area contributed by atoms with E-state index in [2.05, 4.69) is 30.9 Å². The van der Waals surface area contributed by atoms with Crippen molar-refractivity contribution in [3.05, 3.63) is 47.9 Å². The van der Waals surface area contributed by atoms with Gasteiger partial charge in [-0.15, -0.1) is 0 Å². The van der Waals surface area contributed by atoms with Crippen molar-refractivity contribution in [2.24, 2.45) is 5.92 Å². The molecule has 1 saturated carbocycles. The zero-order valence-electron chi connectivity index (χ0n) is 21.5. The van der Waals surface area contributed by atoms with E-state index in [0.29, 0.717) is 0 Å². The van der Waals surface area contributed by atoms with Gasteiger partial charge in [0.25, 0.3) is 5.91 Å². The molecule has 2 aromatic heterocycles. The molecule has 0 unspecified atom stereocenters. The van der Waals surface area contributed by atoms with Gasteiger partial charge in [0.15, 0.2) is 33.0 Å². The standard InChI is InChI=1S/C25H26F2N6O5S/c1-12(2)39(36,37)14-9-30-23(31-10-14)20-21(27)16(26)7-18(22(20)38-4)32-17-8-19(33-24(34)13-5-6-13)29-11-15(17)25(35)28-3/h7-13H,5-6H2,1-4H3,(H,28,35)(H2,29,32,33,34). The van der Waals surface area contributed by atoms with Gasteiger partial charge in [0.05, 0.1) is 29.3 Å². The summed E-state index contributed by atoms with van der Waals surface area (Å²) in [6.07, 6.45) is 4.79. The highest BCUT2D eigenvalue weighted by atomic mass is 32.2. The molecule has 3 aromatic rings. The Kier molecular flexibility index (Phi) is 7.77. The maximum atomic E-state index is 15.1. The van der Waals surface area contributed by atoms with Crippen molar-refractivity contribution in [2.45, 2.75) is 36.8 Å². The normalized spacial score (nSPS) is 13.2. The van der Waals surface area contributed by atoms with Gasteiger partial charge >= 0.3 is 0 Å². The van der Waals surface area contributed by atoms with Crippen molar-refractivity contribution >= 4 is 38.8 Å². The maximum absolute atomic E-state index is 15.1. The molecule has 1 aliphatic carbocycles. The molecular formula is C25H26F2N6O5S. The number of aromatic nitrogens is 3. The minimum Gasteiger partial charge on any atom is -0.494 e. The Labute approximate surface area is 223 Å². The molecule has 0 spiro atoms. The third-order valence-electron chi connectivity index (χ3n) is 6.02. The van der Waals surface area contributed by atoms with Gasteiger partial charge in [0.2, 0.25) is 5.91 Å². The third kappa shape index (κ3) is 5.65. The van der Waals surface area contributed by atoms with Crippen molar-refractivity contribution < 1.29 is 31.5 Å². The van der Waals surface area contributed by atoms with Crippen molar-refractivity contribution in [3.63, 3.8) is 0 Å². The van der Waals surface area contributed by atoms with E-state index in [-0.39, 0.29) is 51.1 Å². The van der Waals surface area contributed by atoms with E-state index in [4.69, 9.17) is 4.74 Å². The predicted molar refractivity (Wildman–Crippen MR) is 139 cm³/mol. The Morgan fingerprint density at radius 3 is 2.28 bits per heavy atom. The third-order valence-corrected chi connectivity index (χ3v) is 8.13. The Morgan fingerprint density at radius 2 is 1.72 bits per heavy atom. The molecule has 1 aromatic carbocycles. The average molecular weight is 561 g/mol. The highest BCUT2D eigenvalue weighted by Crippen LogP contribution is 2.41. The Bertz CT molecular complexity index is 1540. The van der Waals surface area contributed by atoms with Crippen LogP contribution in [-0.2, 0) is 14.6 Å². The van der Waals surface area contributed by atoms with Crippen molar-refractivity contribution in [1.29, 1.82) is 0 Å². The number of ether oxygens (including phenoxy) is 1. The number of nitrogens with one attached hydrogen (secondary N) is 3. The van der Waals surface area contributed by atoms with E-state index in [0.717, 1.165) is 31.3 Å². The van der Waals surface area contributed by atoms with Crippen LogP contribution in [-0.4, -0.2) is 54.6 Å². The fourth-order valence-electron chi connectivity index (χ4n) is 3.64. The molecule has 14 heteroatoms. The van der Waals surface area contributed by atoms with Crippen LogP contribution in [0.25, 0.3) is 11.4 Å². The van der Waals surface area contributed by atoms with Gasteiger partial charge in [-0.2, -0.15) is 0 Å². The van der Waals surface area contributed by atoms with E-state index in [1.807, 2.05) is 0 Å². The number of nitrogens with zero attached hydrogens (tertiary/aromatic N) is 3. The predicted octanol–water partition coefficient (Wildman–Crippen LogP) is 3.46. The average Bonchev–Trinajstić information content (AvgIpc) is 3.76. The number of rotatable bonds is 9. The number of carbonyl (C=O) groups is 2. The van der Waals surface area contributed by atoms with E-state index in [1.165, 1.54) is 40.3 Å². The second-order valence-corrected chi connectivity index (χ2v) is 11.6. The Balaban J connectivity index is 1.79. The molecule has 4 rings (SSSR count). The molecule has 11 nitrogen and oxygen atoms in total. The minimum absolute atomic E-state index is 0.0507. The Morgan fingerprint density at radius 1 is 1.05 bits per heavy atom. The van der Waals surface area contributed by atoms with Gasteiger partial charge in [-0.05, 0) is 26.7 Å². The summed E-state index contributed by atoms with van der Waals surface area (Å²) in [5.74, 6) is -3.84. The number of halogens is 2. The smallest absolute Gasteiger partial charge is 0.254 e. The zero-order valence-corrected chi connectivity index (χ0v) is 22.3. The highest BCUT2D eigenvalue weighted by Gasteiger charge is 2.30. The summed E-state index contributed by atoms with van der Waals surface area (Å²) in [7, 11) is -1.08. The number of amides is 2. The van der Waals surface area contributed by atoms with Gasteiger partial charge in [-0.3, -0.25) is 9.59 Å². The summed E-state index contributed by atoms with van der Waals surface area (Å²) in [5, 5.41) is 7.26. The molecule has 1 aliphatic rings. The first-order chi connectivity index (χ1) is 18.5. The molecule has 206 valence electrons. The molecular weight excluding hydrogens is 534 g/mol. The number of hydrogen-bond donors (Lipinski definition) is 3. The van der Waals surface area contributed by atoms with E-state index in [9.17, 15) is 22.4 Å². The monoisotopic (exact) mass is 560 g/mol. The summed E-state index contributed by atoms with van der Waals surface area (Å²) < 4.78 is 60.1. The fraction of sp³-hybridized carbons (Fsp3) is 0.320. The van der Waals surface area contributed by atoms with Crippen LogP contribution >= 0.6 is 0 Å². The molecule has 2 heterocycles. The molecule has 0 radical (unpaired) electrons. The van der Waals surface area contributed by atoms with Crippen LogP contribution in [0.3, 0.4) is 0 Å². The lowest BCUT2D eigenvalue weighted by Crippen LogP contribution is -2.20. The second-order valence-electron chi connectivity index (χ2n) is 9.05. The first-order valence-corrected chi connectivity index (χ1v) is 13.4. The zero-order chi connectivity index (χ0) is 28.5. The number of methoxy groups -OCH3 is 1. The molecule has 1 fully saturated rings. The second kappa shape index (κ2) is 10.9. The van der Waals surface area contributed by atoms with Crippen LogP contribution < -0.4 is 20.7 Å². The van der Waals surface area contributed by atoms with E-state index < -0.39 is 38.2 Å². The fourth-order valence-corrected chi connectivity index (χ4v) is 4.58. The van der Waals surface area contributed by atoms with E-state index >= 15 is 4.39 Å². The van der Waals surface area contributed by atoms with Crippen LogP contribution in [0.5, 0.6) is 5.75 Å². The molecule has 0 bridgehead atoms. The largest absolute Gasteiger partial charge is 0.494 e. The molecule has 0 atom stereocenters. The summed E-state index contributed by atoms with van der Waals surface area (Å²) in [6, 6.07) is 2.21. The van der Waals surface area contributed by atoms with Crippen molar-refractivity contribution in [3.8, 4) is 17.1 Å². The lowest BCUT2D eigenvalue weighted by atomic mass is 10.1. The summed E-state index contributed by atoms with van der Waals surface area (Å²) >= 11 is 0. The number of carbonyl (C=O) groups excluding carboxylic acids is 2. The number of sulfone groups is 1. The Hall–Kier alpha value is -4.20. The van der Waals surface area contributed by atoms with Crippen molar-refractivity contribution in [2.75, 3.05) is 24.8 Å². The van der Waals surface area contributed by atoms with Crippen LogP contribution in [0.15, 0.2) is 35.6 Å². The van der Waals surface area contributed by atoms with Gasteiger partial charge in [-0.25, -0.2) is 32.2 Å². The van der Waals surface area contributed by atoms with Crippen LogP contribution in [0.2, 0.25) is 0 Å². The molecule has 2 amide bonds. The summed E-state index contributed by atoms with van der Waals surface area (Å²) in [6.45, 7) is 2.98. The highest BCUT2D eigenvalue weighted by molar-refractivity contribution is 7.92. The van der Waals surface area contributed by atoms with Gasteiger partial charge in [0, 0.05) is 43.7 Å². The minimum atomic E-state index is -3.70. The molecule has 39 heavy (non-hydrogen) atoms. The first-order valence-electron chi connectivity index (χ1n) is 11.9. The first kappa shape index (κ1) is 27.8. The summed E-state index contributed by atoms with van der Waals surface area (Å²) in [5.41, 5.74) is -0.393. The van der Waals surface area contributed by atoms with Crippen molar-refractivity contribution in [1.82, 2.24) is 20.3 Å². The van der Waals surface area contributed by atoms with Crippen LogP contribution in [0.4, 0.5) is 26.0 Å². The van der Waals surface area contributed by atoms with Gasteiger partial charge in [-0.1, -0.05) is 0 Å². The van der Waals surface area contributed by atoms with E-state index in [1.54, 1.807) is 0 Å². The maximum Gasteiger partial charge on any atom is 0.254 e. The lowest BCUT2D eigenvalue weighted by Gasteiger charge is -2.18. The van der Waals surface area contributed by atoms with Crippen LogP contribution in [0.1, 0.15) is 37.0 Å².